The predicted molar refractivity (Wildman–Crippen MR) is 77.5 cm³/mol. The molecule has 0 N–H and O–H groups in total. The molecule has 0 spiro atoms. The lowest BCUT2D eigenvalue weighted by Crippen LogP contribution is -2.31. The highest BCUT2D eigenvalue weighted by Crippen LogP contribution is 2.22. The van der Waals surface area contributed by atoms with E-state index >= 15 is 0 Å². The Balaban J connectivity index is 2.28. The third-order valence-electron chi connectivity index (χ3n) is 3.15. The van der Waals surface area contributed by atoms with Gasteiger partial charge in [0.1, 0.15) is 6.04 Å². The van der Waals surface area contributed by atoms with Crippen molar-refractivity contribution in [3.63, 3.8) is 0 Å². The molecule has 2 rings (SSSR count). The van der Waals surface area contributed by atoms with Crippen LogP contribution < -0.4 is 0 Å². The molecule has 0 fully saturated rings. The van der Waals surface area contributed by atoms with Crippen molar-refractivity contribution < 1.29 is 4.79 Å². The SMILES string of the molecule is CC(=O)N(Cc1ccccc1)C(C#N)c1ccccc1. The Hall–Kier alpha value is -2.60. The molecule has 0 bridgehead atoms. The van der Waals surface area contributed by atoms with E-state index in [1.807, 2.05) is 60.7 Å². The minimum absolute atomic E-state index is 0.107. The summed E-state index contributed by atoms with van der Waals surface area (Å²) >= 11 is 0. The molecule has 0 aromatic heterocycles. The van der Waals surface area contributed by atoms with Crippen LogP contribution in [0, 0.1) is 11.3 Å². The molecule has 0 saturated heterocycles. The Kier molecular flexibility index (Phi) is 4.52. The van der Waals surface area contributed by atoms with Crippen molar-refractivity contribution in [3.05, 3.63) is 71.8 Å². The summed E-state index contributed by atoms with van der Waals surface area (Å²) in [6, 6.07) is 20.7. The van der Waals surface area contributed by atoms with Gasteiger partial charge in [0.2, 0.25) is 5.91 Å². The lowest BCUT2D eigenvalue weighted by molar-refractivity contribution is -0.130. The van der Waals surface area contributed by atoms with Gasteiger partial charge in [0.05, 0.1) is 6.07 Å². The van der Waals surface area contributed by atoms with E-state index in [0.29, 0.717) is 6.54 Å². The van der Waals surface area contributed by atoms with Crippen molar-refractivity contribution in [2.75, 3.05) is 0 Å². The fourth-order valence-corrected chi connectivity index (χ4v) is 2.12. The van der Waals surface area contributed by atoms with Crippen molar-refractivity contribution in [3.8, 4) is 6.07 Å². The van der Waals surface area contributed by atoms with E-state index in [1.165, 1.54) is 6.92 Å². The van der Waals surface area contributed by atoms with E-state index < -0.39 is 6.04 Å². The second-order valence-electron chi connectivity index (χ2n) is 4.57. The van der Waals surface area contributed by atoms with Gasteiger partial charge in [-0.3, -0.25) is 4.79 Å². The number of benzene rings is 2. The smallest absolute Gasteiger partial charge is 0.221 e. The average Bonchev–Trinajstić information content (AvgIpc) is 2.49. The number of nitriles is 1. The molecule has 0 heterocycles. The van der Waals surface area contributed by atoms with Gasteiger partial charge in [0, 0.05) is 13.5 Å². The summed E-state index contributed by atoms with van der Waals surface area (Å²) in [5, 5.41) is 9.43. The zero-order valence-electron chi connectivity index (χ0n) is 11.4. The maximum atomic E-state index is 11.9. The molecular formula is C17H16N2O. The Labute approximate surface area is 119 Å². The third-order valence-corrected chi connectivity index (χ3v) is 3.15. The molecule has 0 radical (unpaired) electrons. The highest BCUT2D eigenvalue weighted by molar-refractivity contribution is 5.74. The van der Waals surface area contributed by atoms with Crippen molar-refractivity contribution >= 4 is 5.91 Å². The van der Waals surface area contributed by atoms with E-state index in [4.69, 9.17) is 0 Å². The maximum absolute atomic E-state index is 11.9. The van der Waals surface area contributed by atoms with E-state index in [0.717, 1.165) is 11.1 Å². The van der Waals surface area contributed by atoms with Crippen LogP contribution in [0.25, 0.3) is 0 Å². The van der Waals surface area contributed by atoms with Crippen LogP contribution in [0.5, 0.6) is 0 Å². The second-order valence-corrected chi connectivity index (χ2v) is 4.57. The third kappa shape index (κ3) is 3.24. The molecule has 1 unspecified atom stereocenters. The summed E-state index contributed by atoms with van der Waals surface area (Å²) in [7, 11) is 0. The van der Waals surface area contributed by atoms with Crippen molar-refractivity contribution in [1.82, 2.24) is 4.90 Å². The van der Waals surface area contributed by atoms with Crippen LogP contribution in [0.15, 0.2) is 60.7 Å². The van der Waals surface area contributed by atoms with E-state index in [9.17, 15) is 10.1 Å². The molecule has 100 valence electrons. The first-order valence-corrected chi connectivity index (χ1v) is 6.48. The first-order valence-electron chi connectivity index (χ1n) is 6.48. The van der Waals surface area contributed by atoms with Gasteiger partial charge in [0.15, 0.2) is 0 Å². The average molecular weight is 264 g/mol. The highest BCUT2D eigenvalue weighted by atomic mass is 16.2. The molecule has 0 aliphatic carbocycles. The minimum atomic E-state index is -0.561. The molecule has 2 aromatic rings. The monoisotopic (exact) mass is 264 g/mol. The van der Waals surface area contributed by atoms with Gasteiger partial charge in [-0.05, 0) is 11.1 Å². The van der Waals surface area contributed by atoms with Gasteiger partial charge >= 0.3 is 0 Å². The number of hydrogen-bond acceptors (Lipinski definition) is 2. The maximum Gasteiger partial charge on any atom is 0.221 e. The topological polar surface area (TPSA) is 44.1 Å². The van der Waals surface area contributed by atoms with Crippen LogP contribution in [0.1, 0.15) is 24.1 Å². The van der Waals surface area contributed by atoms with Crippen LogP contribution in [0.2, 0.25) is 0 Å². The van der Waals surface area contributed by atoms with E-state index in [-0.39, 0.29) is 5.91 Å². The van der Waals surface area contributed by atoms with Crippen LogP contribution in [-0.2, 0) is 11.3 Å². The predicted octanol–water partition coefficient (Wildman–Crippen LogP) is 3.30. The first-order chi connectivity index (χ1) is 9.72. The summed E-state index contributed by atoms with van der Waals surface area (Å²) in [6.45, 7) is 1.93. The molecule has 2 aromatic carbocycles. The zero-order chi connectivity index (χ0) is 14.4. The number of carbonyl (C=O) groups excluding carboxylic acids is 1. The number of nitrogens with zero attached hydrogens (tertiary/aromatic N) is 2. The van der Waals surface area contributed by atoms with Crippen LogP contribution in [-0.4, -0.2) is 10.8 Å². The second kappa shape index (κ2) is 6.53. The summed E-state index contributed by atoms with van der Waals surface area (Å²) in [5.41, 5.74) is 1.85. The molecule has 1 atom stereocenters. The molecule has 0 aliphatic rings. The fourth-order valence-electron chi connectivity index (χ4n) is 2.12. The van der Waals surface area contributed by atoms with Crippen molar-refractivity contribution in [1.29, 1.82) is 5.26 Å². The lowest BCUT2D eigenvalue weighted by atomic mass is 10.1. The molecule has 3 heteroatoms. The molecule has 1 amide bonds. The van der Waals surface area contributed by atoms with Crippen molar-refractivity contribution in [2.45, 2.75) is 19.5 Å². The Morgan fingerprint density at radius 1 is 1.10 bits per heavy atom. The summed E-state index contributed by atoms with van der Waals surface area (Å²) in [4.78, 5) is 13.5. The zero-order valence-corrected chi connectivity index (χ0v) is 11.4. The first kappa shape index (κ1) is 13.8. The number of hydrogen-bond donors (Lipinski definition) is 0. The highest BCUT2D eigenvalue weighted by Gasteiger charge is 2.22. The van der Waals surface area contributed by atoms with Crippen LogP contribution >= 0.6 is 0 Å². The largest absolute Gasteiger partial charge is 0.318 e. The quantitative estimate of drug-likeness (QED) is 0.850. The fraction of sp³-hybridized carbons (Fsp3) is 0.176. The Bertz CT molecular complexity index is 602. The summed E-state index contributed by atoms with van der Waals surface area (Å²) in [6.07, 6.45) is 0. The molecule has 0 saturated carbocycles. The van der Waals surface area contributed by atoms with Gasteiger partial charge in [-0.15, -0.1) is 0 Å². The normalized spacial score (nSPS) is 11.4. The van der Waals surface area contributed by atoms with Gasteiger partial charge in [-0.2, -0.15) is 5.26 Å². The summed E-state index contributed by atoms with van der Waals surface area (Å²) in [5.74, 6) is -0.107. The minimum Gasteiger partial charge on any atom is -0.318 e. The number of carbonyl (C=O) groups is 1. The van der Waals surface area contributed by atoms with Gasteiger partial charge in [0.25, 0.3) is 0 Å². The van der Waals surface area contributed by atoms with Crippen molar-refractivity contribution in [2.24, 2.45) is 0 Å². The Morgan fingerprint density at radius 3 is 2.15 bits per heavy atom. The standard InChI is InChI=1S/C17H16N2O/c1-14(20)19(13-15-8-4-2-5-9-15)17(12-18)16-10-6-3-7-11-16/h2-11,17H,13H2,1H3. The van der Waals surface area contributed by atoms with Gasteiger partial charge < -0.3 is 4.90 Å². The molecule has 0 aliphatic heterocycles. The van der Waals surface area contributed by atoms with E-state index in [2.05, 4.69) is 6.07 Å². The number of amides is 1. The molecule has 20 heavy (non-hydrogen) atoms. The summed E-state index contributed by atoms with van der Waals surface area (Å²) < 4.78 is 0. The van der Waals surface area contributed by atoms with E-state index in [1.54, 1.807) is 4.90 Å². The molecular weight excluding hydrogens is 248 g/mol. The molecule has 3 nitrogen and oxygen atoms in total. The lowest BCUT2D eigenvalue weighted by Gasteiger charge is -2.26. The van der Waals surface area contributed by atoms with Gasteiger partial charge in [-0.1, -0.05) is 60.7 Å². The van der Waals surface area contributed by atoms with Crippen LogP contribution in [0.4, 0.5) is 0 Å². The van der Waals surface area contributed by atoms with Gasteiger partial charge in [-0.25, -0.2) is 0 Å². The van der Waals surface area contributed by atoms with Crippen LogP contribution in [0.3, 0.4) is 0 Å². The number of rotatable bonds is 4. The Morgan fingerprint density at radius 2 is 1.65 bits per heavy atom.